The van der Waals surface area contributed by atoms with Crippen LogP contribution in [0.3, 0.4) is 0 Å². The van der Waals surface area contributed by atoms with Crippen LogP contribution in [0.5, 0.6) is 5.75 Å². The van der Waals surface area contributed by atoms with Gasteiger partial charge in [-0.2, -0.15) is 0 Å². The standard InChI is InChI=1S/C9H8N2O4/c12-8-3-5-1-2-9(13)10-6(5)4-7(8)11(14)15/h3-4,12H,1-2H2,(H,10,13). The van der Waals surface area contributed by atoms with E-state index >= 15 is 0 Å². The summed E-state index contributed by atoms with van der Waals surface area (Å²) >= 11 is 0. The zero-order valence-corrected chi connectivity index (χ0v) is 7.69. The molecule has 2 rings (SSSR count). The lowest BCUT2D eigenvalue weighted by Gasteiger charge is -2.16. The van der Waals surface area contributed by atoms with E-state index in [2.05, 4.69) is 5.32 Å². The van der Waals surface area contributed by atoms with Gasteiger partial charge in [0.2, 0.25) is 5.91 Å². The second-order valence-electron chi connectivity index (χ2n) is 3.30. The van der Waals surface area contributed by atoms with Crippen molar-refractivity contribution in [1.82, 2.24) is 0 Å². The number of aromatic hydroxyl groups is 1. The number of amides is 1. The number of hydrogen-bond donors (Lipinski definition) is 2. The Kier molecular flexibility index (Phi) is 2.03. The summed E-state index contributed by atoms with van der Waals surface area (Å²) in [5.74, 6) is -0.530. The van der Waals surface area contributed by atoms with Crippen LogP contribution in [0.25, 0.3) is 0 Å². The van der Waals surface area contributed by atoms with Gasteiger partial charge < -0.3 is 10.4 Å². The zero-order valence-electron chi connectivity index (χ0n) is 7.69. The second-order valence-corrected chi connectivity index (χ2v) is 3.30. The molecule has 1 aromatic rings. The molecule has 6 nitrogen and oxygen atoms in total. The Morgan fingerprint density at radius 1 is 1.40 bits per heavy atom. The predicted octanol–water partition coefficient (Wildman–Crippen LogP) is 1.19. The third kappa shape index (κ3) is 1.61. The van der Waals surface area contributed by atoms with Crippen LogP contribution in [0.15, 0.2) is 12.1 Å². The number of nitrogens with zero attached hydrogens (tertiary/aromatic N) is 1. The van der Waals surface area contributed by atoms with E-state index in [0.717, 1.165) is 5.56 Å². The van der Waals surface area contributed by atoms with Gasteiger partial charge >= 0.3 is 5.69 Å². The average molecular weight is 208 g/mol. The molecule has 0 spiro atoms. The normalized spacial score (nSPS) is 14.3. The van der Waals surface area contributed by atoms with Gasteiger partial charge in [0.05, 0.1) is 10.6 Å². The van der Waals surface area contributed by atoms with Crippen molar-refractivity contribution in [3.63, 3.8) is 0 Å². The highest BCUT2D eigenvalue weighted by atomic mass is 16.6. The van der Waals surface area contributed by atoms with Crippen molar-refractivity contribution in [3.05, 3.63) is 27.8 Å². The van der Waals surface area contributed by atoms with Crippen molar-refractivity contribution in [1.29, 1.82) is 0 Å². The van der Waals surface area contributed by atoms with Gasteiger partial charge in [-0.1, -0.05) is 0 Å². The first-order chi connectivity index (χ1) is 7.08. The predicted molar refractivity (Wildman–Crippen MR) is 51.7 cm³/mol. The van der Waals surface area contributed by atoms with Crippen molar-refractivity contribution >= 4 is 17.3 Å². The summed E-state index contributed by atoms with van der Waals surface area (Å²) in [7, 11) is 0. The van der Waals surface area contributed by atoms with Gasteiger partial charge in [-0.05, 0) is 18.1 Å². The van der Waals surface area contributed by atoms with Crippen LogP contribution in [0, 0.1) is 10.1 Å². The van der Waals surface area contributed by atoms with Gasteiger partial charge in [-0.3, -0.25) is 14.9 Å². The molecule has 0 saturated carbocycles. The number of phenols is 1. The number of nitro groups is 1. The van der Waals surface area contributed by atoms with Crippen LogP contribution in [0.2, 0.25) is 0 Å². The molecule has 1 aromatic carbocycles. The molecule has 0 radical (unpaired) electrons. The van der Waals surface area contributed by atoms with Crippen molar-refractivity contribution in [2.45, 2.75) is 12.8 Å². The van der Waals surface area contributed by atoms with E-state index in [-0.39, 0.29) is 11.7 Å². The highest BCUT2D eigenvalue weighted by molar-refractivity contribution is 5.94. The minimum absolute atomic E-state index is 0.164. The molecule has 15 heavy (non-hydrogen) atoms. The third-order valence-corrected chi connectivity index (χ3v) is 2.29. The molecule has 0 unspecified atom stereocenters. The summed E-state index contributed by atoms with van der Waals surface area (Å²) < 4.78 is 0. The monoisotopic (exact) mass is 208 g/mol. The number of anilines is 1. The molecule has 0 fully saturated rings. The molecule has 0 saturated heterocycles. The molecule has 6 heteroatoms. The molecule has 0 atom stereocenters. The molecular formula is C9H8N2O4. The number of benzene rings is 1. The number of phenolic OH excluding ortho intramolecular Hbond substituents is 1. The van der Waals surface area contributed by atoms with Crippen LogP contribution in [-0.4, -0.2) is 15.9 Å². The highest BCUT2D eigenvalue weighted by Gasteiger charge is 2.21. The maximum atomic E-state index is 11.0. The SMILES string of the molecule is O=C1CCc2cc(O)c([N+](=O)[O-])cc2N1. The summed E-state index contributed by atoms with van der Waals surface area (Å²) in [6, 6.07) is 2.51. The molecule has 0 aromatic heterocycles. The lowest BCUT2D eigenvalue weighted by molar-refractivity contribution is -0.385. The Morgan fingerprint density at radius 3 is 2.80 bits per heavy atom. The van der Waals surface area contributed by atoms with Gasteiger partial charge in [-0.15, -0.1) is 0 Å². The van der Waals surface area contributed by atoms with Crippen molar-refractivity contribution < 1.29 is 14.8 Å². The molecule has 1 heterocycles. The van der Waals surface area contributed by atoms with E-state index in [1.165, 1.54) is 12.1 Å². The van der Waals surface area contributed by atoms with E-state index in [9.17, 15) is 20.0 Å². The maximum absolute atomic E-state index is 11.0. The first-order valence-corrected chi connectivity index (χ1v) is 4.38. The Morgan fingerprint density at radius 2 is 2.13 bits per heavy atom. The number of nitro benzene ring substituents is 1. The quantitative estimate of drug-likeness (QED) is 0.411. The average Bonchev–Trinajstić information content (AvgIpc) is 2.17. The topological polar surface area (TPSA) is 92.5 Å². The fraction of sp³-hybridized carbons (Fsp3) is 0.222. The van der Waals surface area contributed by atoms with Gasteiger partial charge in [0.25, 0.3) is 0 Å². The Labute approximate surface area is 84.7 Å². The van der Waals surface area contributed by atoms with E-state index in [4.69, 9.17) is 0 Å². The number of fused-ring (bicyclic) bond motifs is 1. The van der Waals surface area contributed by atoms with E-state index < -0.39 is 10.6 Å². The van der Waals surface area contributed by atoms with Gasteiger partial charge in [-0.25, -0.2) is 0 Å². The number of hydrogen-bond acceptors (Lipinski definition) is 4. The van der Waals surface area contributed by atoms with Gasteiger partial charge in [0.15, 0.2) is 5.75 Å². The molecule has 2 N–H and O–H groups in total. The lowest BCUT2D eigenvalue weighted by Crippen LogP contribution is -2.18. The van der Waals surface area contributed by atoms with E-state index in [1.54, 1.807) is 0 Å². The Bertz CT molecular complexity index is 456. The number of aryl methyl sites for hydroxylation is 1. The Balaban J connectivity index is 2.51. The fourth-order valence-electron chi connectivity index (χ4n) is 1.55. The van der Waals surface area contributed by atoms with Crippen LogP contribution < -0.4 is 5.32 Å². The first-order valence-electron chi connectivity index (χ1n) is 4.38. The number of nitrogens with one attached hydrogen (secondary N) is 1. The summed E-state index contributed by atoms with van der Waals surface area (Å²) in [6.07, 6.45) is 0.830. The molecular weight excluding hydrogens is 200 g/mol. The maximum Gasteiger partial charge on any atom is 0.312 e. The van der Waals surface area contributed by atoms with Gasteiger partial charge in [0, 0.05) is 12.5 Å². The summed E-state index contributed by atoms with van der Waals surface area (Å²) in [5.41, 5.74) is 0.740. The summed E-state index contributed by atoms with van der Waals surface area (Å²) in [4.78, 5) is 20.9. The summed E-state index contributed by atoms with van der Waals surface area (Å²) in [5, 5.41) is 22.4. The lowest BCUT2D eigenvalue weighted by atomic mass is 10.0. The minimum atomic E-state index is -0.684. The largest absolute Gasteiger partial charge is 0.502 e. The number of carbonyl (C=O) groups excluding carboxylic acids is 1. The first kappa shape index (κ1) is 9.45. The van der Waals surface area contributed by atoms with E-state index in [0.29, 0.717) is 18.5 Å². The van der Waals surface area contributed by atoms with Crippen LogP contribution in [0.1, 0.15) is 12.0 Å². The second kappa shape index (κ2) is 3.23. The van der Waals surface area contributed by atoms with Crippen molar-refractivity contribution in [2.75, 3.05) is 5.32 Å². The van der Waals surface area contributed by atoms with Gasteiger partial charge in [0.1, 0.15) is 0 Å². The van der Waals surface area contributed by atoms with Crippen molar-refractivity contribution in [2.24, 2.45) is 0 Å². The van der Waals surface area contributed by atoms with Crippen LogP contribution >= 0.6 is 0 Å². The molecule has 1 amide bonds. The van der Waals surface area contributed by atoms with Crippen molar-refractivity contribution in [3.8, 4) is 5.75 Å². The molecule has 0 bridgehead atoms. The van der Waals surface area contributed by atoms with Crippen LogP contribution in [-0.2, 0) is 11.2 Å². The third-order valence-electron chi connectivity index (χ3n) is 2.29. The van der Waals surface area contributed by atoms with E-state index in [1.807, 2.05) is 0 Å². The summed E-state index contributed by atoms with van der Waals surface area (Å²) in [6.45, 7) is 0. The minimum Gasteiger partial charge on any atom is -0.502 e. The molecule has 0 aliphatic carbocycles. The smallest absolute Gasteiger partial charge is 0.312 e. The zero-order chi connectivity index (χ0) is 11.0. The van der Waals surface area contributed by atoms with Crippen LogP contribution in [0.4, 0.5) is 11.4 Å². The Hall–Kier alpha value is -2.11. The fourth-order valence-corrected chi connectivity index (χ4v) is 1.55. The molecule has 1 aliphatic heterocycles. The highest BCUT2D eigenvalue weighted by Crippen LogP contribution is 2.34. The number of rotatable bonds is 1. The number of carbonyl (C=O) groups is 1. The molecule has 1 aliphatic rings. The molecule has 78 valence electrons.